The van der Waals surface area contributed by atoms with Crippen molar-refractivity contribution in [2.24, 2.45) is 0 Å². The van der Waals surface area contributed by atoms with Gasteiger partial charge in [-0.3, -0.25) is 19.9 Å². The summed E-state index contributed by atoms with van der Waals surface area (Å²) in [4.78, 5) is 28.3. The molecule has 40 heavy (non-hydrogen) atoms. The number of hydrogen-bond donors (Lipinski definition) is 2. The molecule has 2 amide bonds. The molecule has 0 saturated heterocycles. The third kappa shape index (κ3) is 8.23. The van der Waals surface area contributed by atoms with Gasteiger partial charge in [0.05, 0.1) is 18.3 Å². The van der Waals surface area contributed by atoms with E-state index in [9.17, 15) is 31.5 Å². The van der Waals surface area contributed by atoms with Gasteiger partial charge in [-0.25, -0.2) is 13.5 Å². The van der Waals surface area contributed by atoms with E-state index in [0.29, 0.717) is 10.6 Å². The predicted octanol–water partition coefficient (Wildman–Crippen LogP) is 3.72. The highest BCUT2D eigenvalue weighted by Gasteiger charge is 2.31. The minimum absolute atomic E-state index is 0.0438. The Morgan fingerprint density at radius 3 is 2.70 bits per heavy atom. The number of anilines is 1. The summed E-state index contributed by atoms with van der Waals surface area (Å²) in [5, 5.41) is 20.8. The number of carbonyl (C=O) groups excluding carboxylic acids is 2. The van der Waals surface area contributed by atoms with Crippen LogP contribution in [0.2, 0.25) is 0 Å². The molecule has 2 N–H and O–H groups in total. The molecule has 0 saturated carbocycles. The van der Waals surface area contributed by atoms with Gasteiger partial charge in [0, 0.05) is 30.9 Å². The molecular formula is C23H19F5N8O3S. The van der Waals surface area contributed by atoms with Crippen LogP contribution in [0.15, 0.2) is 48.9 Å². The number of nitrogens with zero attached hydrogens (tertiary/aromatic N) is 6. The number of hydrogen-bond acceptors (Lipinski definition) is 9. The maximum Gasteiger partial charge on any atom is 0.573 e. The number of nitrogens with one attached hydrogen (secondary N) is 2. The van der Waals surface area contributed by atoms with Crippen molar-refractivity contribution in [3.8, 4) is 5.75 Å². The highest BCUT2D eigenvalue weighted by Crippen LogP contribution is 2.25. The molecule has 0 radical (unpaired) electrons. The molecule has 210 valence electrons. The molecule has 3 heterocycles. The molecule has 4 rings (SSSR count). The normalized spacial score (nSPS) is 12.1. The van der Waals surface area contributed by atoms with Crippen LogP contribution in [0.25, 0.3) is 0 Å². The van der Waals surface area contributed by atoms with Crippen molar-refractivity contribution >= 4 is 28.3 Å². The molecule has 11 nitrogen and oxygen atoms in total. The second-order valence-corrected chi connectivity index (χ2v) is 9.20. The average Bonchev–Trinajstić information content (AvgIpc) is 3.57. The van der Waals surface area contributed by atoms with Crippen LogP contribution in [0.4, 0.5) is 27.1 Å². The van der Waals surface area contributed by atoms with Crippen LogP contribution >= 0.6 is 11.3 Å². The second-order valence-electron chi connectivity index (χ2n) is 8.14. The molecule has 1 aromatic carbocycles. The fraction of sp³-hybridized carbons (Fsp3) is 0.261. The molecule has 0 aliphatic carbocycles. The number of halogens is 5. The van der Waals surface area contributed by atoms with Crippen LogP contribution in [0.3, 0.4) is 0 Å². The molecule has 0 bridgehead atoms. The number of rotatable bonds is 11. The van der Waals surface area contributed by atoms with Crippen molar-refractivity contribution in [2.45, 2.75) is 38.5 Å². The number of pyridine rings is 1. The quantitative estimate of drug-likeness (QED) is 0.256. The van der Waals surface area contributed by atoms with Crippen LogP contribution in [0.1, 0.15) is 37.8 Å². The summed E-state index contributed by atoms with van der Waals surface area (Å²) < 4.78 is 70.5. The number of aromatic nitrogens is 6. The fourth-order valence-electron chi connectivity index (χ4n) is 3.29. The molecular weight excluding hydrogens is 563 g/mol. The van der Waals surface area contributed by atoms with E-state index in [1.54, 1.807) is 12.1 Å². The van der Waals surface area contributed by atoms with E-state index < -0.39 is 42.5 Å². The van der Waals surface area contributed by atoms with E-state index in [1.165, 1.54) is 18.6 Å². The molecule has 3 aromatic heterocycles. The van der Waals surface area contributed by atoms with E-state index >= 15 is 0 Å². The van der Waals surface area contributed by atoms with Crippen molar-refractivity contribution in [1.82, 2.24) is 35.5 Å². The number of alkyl halides is 4. The zero-order valence-corrected chi connectivity index (χ0v) is 21.0. The number of carbonyl (C=O) groups is 2. The first kappa shape index (κ1) is 28.5. The van der Waals surface area contributed by atoms with Gasteiger partial charge in [0.2, 0.25) is 5.13 Å². The summed E-state index contributed by atoms with van der Waals surface area (Å²) in [6, 6.07) is 5.60. The lowest BCUT2D eigenvalue weighted by Crippen LogP contribution is -2.24. The molecule has 0 spiro atoms. The summed E-state index contributed by atoms with van der Waals surface area (Å²) in [7, 11) is 0. The number of aryl methyl sites for hydroxylation is 1. The van der Waals surface area contributed by atoms with Crippen molar-refractivity contribution in [3.63, 3.8) is 0 Å². The van der Waals surface area contributed by atoms with Crippen molar-refractivity contribution in [2.75, 3.05) is 5.32 Å². The first-order valence-corrected chi connectivity index (χ1v) is 12.3. The fourth-order valence-corrected chi connectivity index (χ4v) is 4.04. The number of benzene rings is 1. The summed E-state index contributed by atoms with van der Waals surface area (Å²) in [5.74, 6) is -2.69. The zero-order valence-electron chi connectivity index (χ0n) is 20.2. The van der Waals surface area contributed by atoms with Crippen molar-refractivity contribution in [1.29, 1.82) is 0 Å². The lowest BCUT2D eigenvalue weighted by Gasteiger charge is -2.11. The van der Waals surface area contributed by atoms with Gasteiger partial charge in [0.15, 0.2) is 5.69 Å². The van der Waals surface area contributed by atoms with E-state index in [2.05, 4.69) is 40.9 Å². The first-order chi connectivity index (χ1) is 19.1. The van der Waals surface area contributed by atoms with Gasteiger partial charge in [0.25, 0.3) is 11.8 Å². The van der Waals surface area contributed by atoms with Gasteiger partial charge in [-0.15, -0.1) is 28.5 Å². The maximum absolute atomic E-state index is 14.5. The molecule has 4 aromatic rings. The Hall–Kier alpha value is -4.54. The highest BCUT2D eigenvalue weighted by atomic mass is 32.1. The van der Waals surface area contributed by atoms with E-state index in [1.807, 2.05) is 0 Å². The second kappa shape index (κ2) is 12.5. The largest absolute Gasteiger partial charge is 0.573 e. The standard InChI is InChI=1S/C23H19F5N8O3S/c24-15(3-6-19-33-34-22(40-19)31-20(37)13-2-1-7-29-9-13)11-36-12-18(32-35-36)21(38)30-10-14-8-16(4-5-17(14)25)39-23(26,27)28/h1-2,4-5,7-9,12,15H,3,6,10-11H2,(H,30,38)(H,31,34,37). The molecule has 0 aliphatic rings. The van der Waals surface area contributed by atoms with E-state index in [4.69, 9.17) is 0 Å². The Balaban J connectivity index is 1.23. The minimum atomic E-state index is -4.95. The Morgan fingerprint density at radius 2 is 1.95 bits per heavy atom. The van der Waals surface area contributed by atoms with E-state index in [0.717, 1.165) is 34.2 Å². The molecule has 1 unspecified atom stereocenters. The maximum atomic E-state index is 14.5. The van der Waals surface area contributed by atoms with Gasteiger partial charge in [-0.2, -0.15) is 0 Å². The molecule has 0 aliphatic heterocycles. The van der Waals surface area contributed by atoms with Crippen LogP contribution in [-0.2, 0) is 19.5 Å². The van der Waals surface area contributed by atoms with Crippen molar-refractivity contribution < 1.29 is 36.3 Å². The zero-order chi connectivity index (χ0) is 28.7. The van der Waals surface area contributed by atoms with E-state index in [-0.39, 0.29) is 35.8 Å². The minimum Gasteiger partial charge on any atom is -0.406 e. The third-order valence-corrected chi connectivity index (χ3v) is 6.03. The van der Waals surface area contributed by atoms with Crippen LogP contribution in [0, 0.1) is 5.82 Å². The topological polar surface area (TPSA) is 137 Å². The van der Waals surface area contributed by atoms with Gasteiger partial charge in [-0.1, -0.05) is 16.6 Å². The lowest BCUT2D eigenvalue weighted by atomic mass is 10.2. The van der Waals surface area contributed by atoms with Crippen molar-refractivity contribution in [3.05, 3.63) is 76.6 Å². The Morgan fingerprint density at radius 1 is 1.12 bits per heavy atom. The Labute approximate surface area is 226 Å². The summed E-state index contributed by atoms with van der Waals surface area (Å²) >= 11 is 1.10. The predicted molar refractivity (Wildman–Crippen MR) is 130 cm³/mol. The highest BCUT2D eigenvalue weighted by molar-refractivity contribution is 7.15. The van der Waals surface area contributed by atoms with Gasteiger partial charge in [-0.05, 0) is 36.8 Å². The Bertz CT molecular complexity index is 1460. The van der Waals surface area contributed by atoms with Crippen LogP contribution in [-0.4, -0.2) is 54.5 Å². The molecule has 0 fully saturated rings. The summed E-state index contributed by atoms with van der Waals surface area (Å²) in [5.41, 5.74) is -0.0999. The SMILES string of the molecule is O=C(Nc1nnc(CCC(F)Cn2cc(C(=O)NCc3cc(OC(F)(F)F)ccc3F)nn2)s1)c1cccnc1. The smallest absolute Gasteiger partial charge is 0.406 e. The number of ether oxygens (including phenoxy) is 1. The van der Waals surface area contributed by atoms with Gasteiger partial charge in [0.1, 0.15) is 22.7 Å². The summed E-state index contributed by atoms with van der Waals surface area (Å²) in [6.45, 7) is -0.681. The van der Waals surface area contributed by atoms with Gasteiger partial charge < -0.3 is 10.1 Å². The molecule has 1 atom stereocenters. The molecule has 17 heteroatoms. The number of amides is 2. The Kier molecular flexibility index (Phi) is 8.93. The van der Waals surface area contributed by atoms with Crippen LogP contribution in [0.5, 0.6) is 5.75 Å². The van der Waals surface area contributed by atoms with Crippen LogP contribution < -0.4 is 15.4 Å². The lowest BCUT2D eigenvalue weighted by molar-refractivity contribution is -0.274. The monoisotopic (exact) mass is 582 g/mol. The van der Waals surface area contributed by atoms with Gasteiger partial charge >= 0.3 is 6.36 Å². The third-order valence-electron chi connectivity index (χ3n) is 5.13. The first-order valence-electron chi connectivity index (χ1n) is 11.5. The summed E-state index contributed by atoms with van der Waals surface area (Å²) in [6.07, 6.45) is -1.95. The average molecular weight is 583 g/mol.